The Morgan fingerprint density at radius 3 is 3.06 bits per heavy atom. The predicted molar refractivity (Wildman–Crippen MR) is 73.4 cm³/mol. The highest BCUT2D eigenvalue weighted by Crippen LogP contribution is 2.30. The molecule has 18 heavy (non-hydrogen) atoms. The summed E-state index contributed by atoms with van der Waals surface area (Å²) >= 11 is 3.43. The van der Waals surface area contributed by atoms with E-state index in [1.165, 1.54) is 5.56 Å². The van der Waals surface area contributed by atoms with Gasteiger partial charge < -0.3 is 9.67 Å². The van der Waals surface area contributed by atoms with Crippen molar-refractivity contribution in [2.75, 3.05) is 0 Å². The molecule has 0 aromatic carbocycles. The van der Waals surface area contributed by atoms with Gasteiger partial charge in [-0.2, -0.15) is 0 Å². The van der Waals surface area contributed by atoms with Crippen molar-refractivity contribution in [1.29, 1.82) is 0 Å². The maximum atomic E-state index is 9.95. The van der Waals surface area contributed by atoms with E-state index in [9.17, 15) is 5.11 Å². The average Bonchev–Trinajstić information content (AvgIpc) is 2.73. The number of aryl methyl sites for hydroxylation is 1. The SMILES string of the molecule is OC1CCCc2cn(Cc3cncc(Br)c3)cc21. The molecule has 0 radical (unpaired) electrons. The molecule has 3 rings (SSSR count). The van der Waals surface area contributed by atoms with E-state index in [-0.39, 0.29) is 6.10 Å². The van der Waals surface area contributed by atoms with E-state index in [0.717, 1.165) is 41.4 Å². The van der Waals surface area contributed by atoms with Gasteiger partial charge in [-0.1, -0.05) is 0 Å². The van der Waals surface area contributed by atoms with Crippen molar-refractivity contribution in [2.45, 2.75) is 31.9 Å². The summed E-state index contributed by atoms with van der Waals surface area (Å²) < 4.78 is 3.14. The van der Waals surface area contributed by atoms with Crippen LogP contribution in [0.5, 0.6) is 0 Å². The van der Waals surface area contributed by atoms with Gasteiger partial charge in [-0.3, -0.25) is 4.98 Å². The molecule has 94 valence electrons. The van der Waals surface area contributed by atoms with Crippen LogP contribution in [0.1, 0.15) is 35.6 Å². The lowest BCUT2D eigenvalue weighted by Gasteiger charge is -2.16. The lowest BCUT2D eigenvalue weighted by atomic mass is 9.93. The summed E-state index contributed by atoms with van der Waals surface area (Å²) in [6.45, 7) is 0.798. The van der Waals surface area contributed by atoms with Gasteiger partial charge in [0.25, 0.3) is 0 Å². The van der Waals surface area contributed by atoms with Crippen LogP contribution in [0.25, 0.3) is 0 Å². The minimum absolute atomic E-state index is 0.282. The Kier molecular flexibility index (Phi) is 3.22. The Balaban J connectivity index is 1.85. The van der Waals surface area contributed by atoms with Crippen LogP contribution in [0, 0.1) is 0 Å². The van der Waals surface area contributed by atoms with E-state index < -0.39 is 0 Å². The Labute approximate surface area is 115 Å². The molecule has 2 heterocycles. The van der Waals surface area contributed by atoms with Crippen LogP contribution in [0.2, 0.25) is 0 Å². The van der Waals surface area contributed by atoms with Crippen molar-refractivity contribution < 1.29 is 5.11 Å². The highest BCUT2D eigenvalue weighted by atomic mass is 79.9. The molecule has 2 aromatic rings. The Morgan fingerprint density at radius 1 is 1.39 bits per heavy atom. The predicted octanol–water partition coefficient (Wildman–Crippen LogP) is 3.06. The third kappa shape index (κ3) is 2.35. The van der Waals surface area contributed by atoms with Crippen LogP contribution < -0.4 is 0 Å². The second-order valence-corrected chi connectivity index (χ2v) is 5.75. The van der Waals surface area contributed by atoms with Crippen molar-refractivity contribution in [2.24, 2.45) is 0 Å². The van der Waals surface area contributed by atoms with Gasteiger partial charge >= 0.3 is 0 Å². The number of aliphatic hydroxyl groups is 1. The normalized spacial score (nSPS) is 18.7. The maximum Gasteiger partial charge on any atom is 0.0807 e. The largest absolute Gasteiger partial charge is 0.388 e. The Hall–Kier alpha value is -1.13. The zero-order chi connectivity index (χ0) is 12.5. The molecule has 1 atom stereocenters. The third-order valence-corrected chi connectivity index (χ3v) is 3.84. The van der Waals surface area contributed by atoms with Crippen molar-refractivity contribution in [3.05, 3.63) is 52.0 Å². The molecule has 0 saturated carbocycles. The van der Waals surface area contributed by atoms with Gasteiger partial charge in [0.2, 0.25) is 0 Å². The summed E-state index contributed by atoms with van der Waals surface area (Å²) in [6, 6.07) is 2.07. The van der Waals surface area contributed by atoms with E-state index in [1.807, 2.05) is 6.20 Å². The molecule has 0 bridgehead atoms. The Morgan fingerprint density at radius 2 is 2.28 bits per heavy atom. The van der Waals surface area contributed by atoms with Gasteiger partial charge in [0.1, 0.15) is 0 Å². The standard InChI is InChI=1S/C14H15BrN2O/c15-12-4-10(5-16-6-12)7-17-8-11-2-1-3-14(18)13(11)9-17/h4-6,8-9,14,18H,1-3,7H2. The van der Waals surface area contributed by atoms with Crippen molar-refractivity contribution in [3.8, 4) is 0 Å². The number of fused-ring (bicyclic) bond motifs is 1. The molecule has 1 N–H and O–H groups in total. The number of hydrogen-bond donors (Lipinski definition) is 1. The van der Waals surface area contributed by atoms with Crippen LogP contribution in [0.15, 0.2) is 35.3 Å². The van der Waals surface area contributed by atoms with Crippen molar-refractivity contribution in [3.63, 3.8) is 0 Å². The van der Waals surface area contributed by atoms with E-state index in [0.29, 0.717) is 0 Å². The lowest BCUT2D eigenvalue weighted by Crippen LogP contribution is -2.05. The fourth-order valence-corrected chi connectivity index (χ4v) is 2.98. The number of hydrogen-bond acceptors (Lipinski definition) is 2. The highest BCUT2D eigenvalue weighted by molar-refractivity contribution is 9.10. The zero-order valence-electron chi connectivity index (χ0n) is 10.0. The second kappa shape index (κ2) is 4.86. The first-order valence-electron chi connectivity index (χ1n) is 6.18. The highest BCUT2D eigenvalue weighted by Gasteiger charge is 2.19. The number of aliphatic hydroxyl groups excluding tert-OH is 1. The number of rotatable bonds is 2. The van der Waals surface area contributed by atoms with Gasteiger partial charge in [0, 0.05) is 41.4 Å². The number of aromatic nitrogens is 2. The first-order valence-corrected chi connectivity index (χ1v) is 6.98. The monoisotopic (exact) mass is 306 g/mol. The van der Waals surface area contributed by atoms with Crippen LogP contribution >= 0.6 is 15.9 Å². The molecular formula is C14H15BrN2O. The molecule has 0 fully saturated rings. The first kappa shape index (κ1) is 11.9. The van der Waals surface area contributed by atoms with E-state index in [4.69, 9.17) is 0 Å². The summed E-state index contributed by atoms with van der Waals surface area (Å²) in [5.74, 6) is 0. The molecule has 0 spiro atoms. The summed E-state index contributed by atoms with van der Waals surface area (Å²) in [6.07, 6.45) is 10.6. The van der Waals surface area contributed by atoms with Gasteiger partial charge in [-0.25, -0.2) is 0 Å². The van der Waals surface area contributed by atoms with Gasteiger partial charge in [-0.15, -0.1) is 0 Å². The van der Waals surface area contributed by atoms with E-state index in [1.54, 1.807) is 6.20 Å². The minimum atomic E-state index is -0.282. The van der Waals surface area contributed by atoms with Crippen LogP contribution in [0.3, 0.4) is 0 Å². The topological polar surface area (TPSA) is 38.0 Å². The summed E-state index contributed by atoms with van der Waals surface area (Å²) in [5, 5.41) is 9.95. The average molecular weight is 307 g/mol. The molecular weight excluding hydrogens is 292 g/mol. The maximum absolute atomic E-state index is 9.95. The van der Waals surface area contributed by atoms with Gasteiger partial charge in [-0.05, 0) is 52.4 Å². The zero-order valence-corrected chi connectivity index (χ0v) is 11.6. The summed E-state index contributed by atoms with van der Waals surface area (Å²) in [4.78, 5) is 4.17. The van der Waals surface area contributed by atoms with Crippen LogP contribution in [-0.4, -0.2) is 14.7 Å². The number of halogens is 1. The second-order valence-electron chi connectivity index (χ2n) is 4.83. The van der Waals surface area contributed by atoms with Crippen LogP contribution in [0.4, 0.5) is 0 Å². The number of nitrogens with zero attached hydrogens (tertiary/aromatic N) is 2. The molecule has 3 nitrogen and oxygen atoms in total. The van der Waals surface area contributed by atoms with Crippen molar-refractivity contribution >= 4 is 15.9 Å². The van der Waals surface area contributed by atoms with Gasteiger partial charge in [0.05, 0.1) is 6.10 Å². The van der Waals surface area contributed by atoms with E-state index >= 15 is 0 Å². The Bertz CT molecular complexity index is 565. The fraction of sp³-hybridized carbons (Fsp3) is 0.357. The molecule has 0 saturated heterocycles. The third-order valence-electron chi connectivity index (χ3n) is 3.41. The first-order chi connectivity index (χ1) is 8.72. The quantitative estimate of drug-likeness (QED) is 0.926. The molecule has 1 unspecified atom stereocenters. The number of pyridine rings is 1. The molecule has 1 aliphatic rings. The van der Waals surface area contributed by atoms with Crippen LogP contribution in [-0.2, 0) is 13.0 Å². The molecule has 2 aromatic heterocycles. The molecule has 1 aliphatic carbocycles. The minimum Gasteiger partial charge on any atom is -0.388 e. The van der Waals surface area contributed by atoms with Gasteiger partial charge in [0.15, 0.2) is 0 Å². The fourth-order valence-electron chi connectivity index (χ4n) is 2.57. The summed E-state index contributed by atoms with van der Waals surface area (Å²) in [5.41, 5.74) is 3.55. The smallest absolute Gasteiger partial charge is 0.0807 e. The molecule has 0 amide bonds. The molecule has 4 heteroatoms. The molecule has 0 aliphatic heterocycles. The van der Waals surface area contributed by atoms with E-state index in [2.05, 4.69) is 43.9 Å². The lowest BCUT2D eigenvalue weighted by molar-refractivity contribution is 0.157. The summed E-state index contributed by atoms with van der Waals surface area (Å²) in [7, 11) is 0. The van der Waals surface area contributed by atoms with Crippen molar-refractivity contribution in [1.82, 2.24) is 9.55 Å².